The van der Waals surface area contributed by atoms with Gasteiger partial charge in [0.15, 0.2) is 6.10 Å². The van der Waals surface area contributed by atoms with Gasteiger partial charge in [-0.25, -0.2) is 4.57 Å². The fourth-order valence-electron chi connectivity index (χ4n) is 4.90. The summed E-state index contributed by atoms with van der Waals surface area (Å²) in [5.74, 6) is -2.40. The summed E-state index contributed by atoms with van der Waals surface area (Å²) in [7, 11) is -4.71. The molecule has 4 N–H and O–H groups in total. The number of carboxylic acids is 1. The van der Waals surface area contributed by atoms with Crippen LogP contribution >= 0.6 is 7.82 Å². The van der Waals surface area contributed by atoms with Crippen LogP contribution in [0.15, 0.2) is 24.3 Å². The number of carbonyl (C=O) groups excluding carboxylic acids is 2. The van der Waals surface area contributed by atoms with Gasteiger partial charge < -0.3 is 25.2 Å². The van der Waals surface area contributed by atoms with Crippen molar-refractivity contribution in [2.75, 3.05) is 19.8 Å². The lowest BCUT2D eigenvalue weighted by molar-refractivity contribution is -0.161. The van der Waals surface area contributed by atoms with E-state index in [0.717, 1.165) is 64.2 Å². The second-order valence-corrected chi connectivity index (χ2v) is 14.2. The van der Waals surface area contributed by atoms with Crippen LogP contribution in [-0.2, 0) is 37.5 Å². The monoisotopic (exact) mass is 717 g/mol. The maximum atomic E-state index is 12.5. The number of allylic oxidation sites excluding steroid dienone is 4. The van der Waals surface area contributed by atoms with E-state index in [0.29, 0.717) is 12.8 Å². The average Bonchev–Trinajstić information content (AvgIpc) is 3.07. The van der Waals surface area contributed by atoms with Crippen LogP contribution in [0.25, 0.3) is 0 Å². The van der Waals surface area contributed by atoms with Crippen LogP contribution in [-0.4, -0.2) is 59.9 Å². The molecule has 0 amide bonds. The molecule has 0 bridgehead atoms. The molecule has 0 aliphatic rings. The third-order valence-corrected chi connectivity index (χ3v) is 8.90. The van der Waals surface area contributed by atoms with E-state index in [9.17, 15) is 23.8 Å². The van der Waals surface area contributed by atoms with Gasteiger partial charge in [-0.05, 0) is 38.5 Å². The summed E-state index contributed by atoms with van der Waals surface area (Å²) in [4.78, 5) is 45.7. The maximum Gasteiger partial charge on any atom is 0.472 e. The second kappa shape index (κ2) is 33.1. The molecule has 0 rings (SSSR count). The zero-order valence-corrected chi connectivity index (χ0v) is 31.4. The molecule has 0 aromatic heterocycles. The standard InChI is InChI=1S/C37H68NO10P/c1-3-5-7-9-11-13-15-16-17-19-21-23-25-27-29-36(40)48-33(31-46-49(43,44)47-32-34(38)37(41)42)30-45-35(39)28-26-24-22-20-18-14-12-10-8-6-4-2/h9,11,15-16,33-34H,3-8,10,12-14,17-32,38H2,1-2H3,(H,41,42)(H,43,44)/b11-9-,16-15-. The number of unbranched alkanes of at least 4 members (excludes halogenated alkanes) is 17. The van der Waals surface area contributed by atoms with E-state index in [-0.39, 0.29) is 19.4 Å². The van der Waals surface area contributed by atoms with Crippen LogP contribution in [0.1, 0.15) is 162 Å². The summed E-state index contributed by atoms with van der Waals surface area (Å²) in [6, 6.07) is -1.52. The summed E-state index contributed by atoms with van der Waals surface area (Å²) in [6.45, 7) is 2.72. The first kappa shape index (κ1) is 47.0. The number of carbonyl (C=O) groups is 3. The van der Waals surface area contributed by atoms with Crippen molar-refractivity contribution in [3.05, 3.63) is 24.3 Å². The normalized spacial score (nSPS) is 14.2. The Hall–Kier alpha value is -2.04. The highest BCUT2D eigenvalue weighted by molar-refractivity contribution is 7.47. The zero-order valence-electron chi connectivity index (χ0n) is 30.5. The second-order valence-electron chi connectivity index (χ2n) is 12.7. The molecule has 286 valence electrons. The number of hydrogen-bond donors (Lipinski definition) is 3. The Labute approximate surface area is 296 Å². The van der Waals surface area contributed by atoms with Crippen molar-refractivity contribution in [1.29, 1.82) is 0 Å². The first-order chi connectivity index (χ1) is 23.6. The van der Waals surface area contributed by atoms with Gasteiger partial charge in [0.1, 0.15) is 12.6 Å². The number of aliphatic carboxylic acids is 1. The number of nitrogens with two attached hydrogens (primary N) is 1. The van der Waals surface area contributed by atoms with Crippen molar-refractivity contribution in [3.63, 3.8) is 0 Å². The highest BCUT2D eigenvalue weighted by atomic mass is 31.2. The molecule has 0 aromatic carbocycles. The lowest BCUT2D eigenvalue weighted by atomic mass is 10.1. The minimum Gasteiger partial charge on any atom is -0.480 e. The number of phosphoric ester groups is 1. The Kier molecular flexibility index (Phi) is 31.7. The highest BCUT2D eigenvalue weighted by Gasteiger charge is 2.28. The fraction of sp³-hybridized carbons (Fsp3) is 0.811. The quantitative estimate of drug-likeness (QED) is 0.0247. The van der Waals surface area contributed by atoms with Crippen molar-refractivity contribution < 1.29 is 47.5 Å². The van der Waals surface area contributed by atoms with Crippen molar-refractivity contribution in [2.45, 2.75) is 174 Å². The Balaban J connectivity index is 4.47. The maximum absolute atomic E-state index is 12.5. The number of esters is 2. The van der Waals surface area contributed by atoms with Crippen LogP contribution in [0.3, 0.4) is 0 Å². The predicted octanol–water partition coefficient (Wildman–Crippen LogP) is 9.11. The molecule has 0 saturated carbocycles. The van der Waals surface area contributed by atoms with Crippen LogP contribution in [0.4, 0.5) is 0 Å². The van der Waals surface area contributed by atoms with Gasteiger partial charge in [0.2, 0.25) is 0 Å². The van der Waals surface area contributed by atoms with E-state index in [4.69, 9.17) is 24.8 Å². The van der Waals surface area contributed by atoms with Crippen molar-refractivity contribution >= 4 is 25.7 Å². The molecule has 0 heterocycles. The minimum atomic E-state index is -4.71. The molecule has 49 heavy (non-hydrogen) atoms. The van der Waals surface area contributed by atoms with Gasteiger partial charge >= 0.3 is 25.7 Å². The summed E-state index contributed by atoms with van der Waals surface area (Å²) in [5.41, 5.74) is 5.31. The van der Waals surface area contributed by atoms with E-state index in [2.05, 4.69) is 42.7 Å². The number of phosphoric acid groups is 1. The van der Waals surface area contributed by atoms with Crippen molar-refractivity contribution in [2.24, 2.45) is 5.73 Å². The molecule has 3 atom stereocenters. The SMILES string of the molecule is CCCC/C=C\C/C=C\CCCCCCCC(=O)OC(COC(=O)CCCCCCCCCCCCC)COP(=O)(O)OCC(N)C(=O)O. The Morgan fingerprint density at radius 1 is 0.633 bits per heavy atom. The largest absolute Gasteiger partial charge is 0.480 e. The third-order valence-electron chi connectivity index (χ3n) is 7.95. The van der Waals surface area contributed by atoms with E-state index >= 15 is 0 Å². The molecular weight excluding hydrogens is 649 g/mol. The summed E-state index contributed by atoms with van der Waals surface area (Å²) < 4.78 is 32.5. The lowest BCUT2D eigenvalue weighted by Crippen LogP contribution is -2.34. The molecular formula is C37H68NO10P. The highest BCUT2D eigenvalue weighted by Crippen LogP contribution is 2.43. The number of rotatable bonds is 35. The molecule has 0 saturated heterocycles. The zero-order chi connectivity index (χ0) is 36.4. The fourth-order valence-corrected chi connectivity index (χ4v) is 5.68. The molecule has 3 unspecified atom stereocenters. The van der Waals surface area contributed by atoms with Gasteiger partial charge in [-0.1, -0.05) is 134 Å². The van der Waals surface area contributed by atoms with Crippen LogP contribution < -0.4 is 5.73 Å². The van der Waals surface area contributed by atoms with Gasteiger partial charge in [-0.3, -0.25) is 23.4 Å². The van der Waals surface area contributed by atoms with E-state index in [1.165, 1.54) is 57.8 Å². The minimum absolute atomic E-state index is 0.147. The Morgan fingerprint density at radius 2 is 1.10 bits per heavy atom. The molecule has 0 aliphatic carbocycles. The topological polar surface area (TPSA) is 172 Å². The van der Waals surface area contributed by atoms with Crippen molar-refractivity contribution in [1.82, 2.24) is 0 Å². The smallest absolute Gasteiger partial charge is 0.472 e. The molecule has 0 aliphatic heterocycles. The number of hydrogen-bond acceptors (Lipinski definition) is 9. The third kappa shape index (κ3) is 32.9. The molecule has 0 aromatic rings. The van der Waals surface area contributed by atoms with Crippen LogP contribution in [0.2, 0.25) is 0 Å². The number of ether oxygens (including phenoxy) is 2. The van der Waals surface area contributed by atoms with Gasteiger partial charge in [0.05, 0.1) is 13.2 Å². The molecule has 0 radical (unpaired) electrons. The first-order valence-electron chi connectivity index (χ1n) is 18.9. The number of carboxylic acid groups (broad SMARTS) is 1. The Bertz CT molecular complexity index is 942. The van der Waals surface area contributed by atoms with E-state index in [1.54, 1.807) is 0 Å². The Morgan fingerprint density at radius 3 is 1.65 bits per heavy atom. The summed E-state index contributed by atoms with van der Waals surface area (Å²) in [6.07, 6.45) is 31.0. The molecule has 12 heteroatoms. The van der Waals surface area contributed by atoms with Gasteiger partial charge in [0, 0.05) is 12.8 Å². The average molecular weight is 718 g/mol. The van der Waals surface area contributed by atoms with Crippen molar-refractivity contribution in [3.8, 4) is 0 Å². The lowest BCUT2D eigenvalue weighted by Gasteiger charge is -2.20. The predicted molar refractivity (Wildman–Crippen MR) is 194 cm³/mol. The van der Waals surface area contributed by atoms with Crippen LogP contribution in [0, 0.1) is 0 Å². The van der Waals surface area contributed by atoms with Crippen LogP contribution in [0.5, 0.6) is 0 Å². The molecule has 11 nitrogen and oxygen atoms in total. The molecule has 0 spiro atoms. The van der Waals surface area contributed by atoms with Gasteiger partial charge in [0.25, 0.3) is 0 Å². The van der Waals surface area contributed by atoms with Gasteiger partial charge in [-0.2, -0.15) is 0 Å². The summed E-state index contributed by atoms with van der Waals surface area (Å²) >= 11 is 0. The van der Waals surface area contributed by atoms with E-state index in [1.807, 2.05) is 0 Å². The first-order valence-corrected chi connectivity index (χ1v) is 20.4. The van der Waals surface area contributed by atoms with E-state index < -0.39 is 51.1 Å². The molecule has 0 fully saturated rings. The summed E-state index contributed by atoms with van der Waals surface area (Å²) in [5, 5.41) is 8.85. The van der Waals surface area contributed by atoms with Gasteiger partial charge in [-0.15, -0.1) is 0 Å².